The van der Waals surface area contributed by atoms with Crippen molar-refractivity contribution in [1.29, 1.82) is 0 Å². The summed E-state index contributed by atoms with van der Waals surface area (Å²) in [6, 6.07) is 0. The Morgan fingerprint density at radius 1 is 1.55 bits per heavy atom. The zero-order valence-electron chi connectivity index (χ0n) is 6.76. The molecule has 0 bridgehead atoms. The molecule has 1 heterocycles. The number of fused-ring (bicyclic) bond motifs is 1. The van der Waals surface area contributed by atoms with Gasteiger partial charge in [0, 0.05) is 13.0 Å². The van der Waals surface area contributed by atoms with Gasteiger partial charge in [0.15, 0.2) is 0 Å². The molecule has 3 unspecified atom stereocenters. The largest absolute Gasteiger partial charge is 0.359 e. The third-order valence-electron chi connectivity index (χ3n) is 2.92. The molecule has 0 aromatic rings. The quantitative estimate of drug-likeness (QED) is 0.539. The normalized spacial score (nSPS) is 41.0. The second-order valence-electron chi connectivity index (χ2n) is 3.46. The van der Waals surface area contributed by atoms with E-state index in [1.807, 2.05) is 0 Å². The van der Waals surface area contributed by atoms with E-state index in [0.29, 0.717) is 17.8 Å². The second kappa shape index (κ2) is 2.48. The molecule has 3 atom stereocenters. The van der Waals surface area contributed by atoms with E-state index in [9.17, 15) is 4.79 Å². The van der Waals surface area contributed by atoms with Gasteiger partial charge in [0.1, 0.15) is 0 Å². The van der Waals surface area contributed by atoms with Crippen molar-refractivity contribution >= 4 is 5.91 Å². The van der Waals surface area contributed by atoms with E-state index in [2.05, 4.69) is 10.6 Å². The van der Waals surface area contributed by atoms with E-state index in [1.165, 1.54) is 6.42 Å². The van der Waals surface area contributed by atoms with Crippen molar-refractivity contribution < 1.29 is 4.79 Å². The van der Waals surface area contributed by atoms with Crippen LogP contribution in [0.2, 0.25) is 0 Å². The highest BCUT2D eigenvalue weighted by atomic mass is 16.2. The molecular weight excluding hydrogens is 140 g/mol. The van der Waals surface area contributed by atoms with Crippen LogP contribution in [0.4, 0.5) is 0 Å². The van der Waals surface area contributed by atoms with Crippen LogP contribution in [0.15, 0.2) is 0 Å². The average Bonchev–Trinajstić information content (AvgIpc) is 2.77. The Morgan fingerprint density at radius 2 is 2.36 bits per heavy atom. The van der Waals surface area contributed by atoms with Gasteiger partial charge in [-0.1, -0.05) is 0 Å². The molecule has 2 rings (SSSR count). The van der Waals surface area contributed by atoms with Crippen LogP contribution in [0, 0.1) is 17.8 Å². The minimum atomic E-state index is 0.240. The van der Waals surface area contributed by atoms with Gasteiger partial charge in [-0.25, -0.2) is 0 Å². The van der Waals surface area contributed by atoms with Gasteiger partial charge in [-0.05, 0) is 31.3 Å². The Hall–Kier alpha value is -0.570. The molecule has 2 N–H and O–H groups in total. The van der Waals surface area contributed by atoms with Crippen molar-refractivity contribution in [2.75, 3.05) is 20.1 Å². The van der Waals surface area contributed by atoms with Crippen LogP contribution in [0.3, 0.4) is 0 Å². The molecule has 2 aliphatic rings. The Morgan fingerprint density at radius 3 is 2.91 bits per heavy atom. The summed E-state index contributed by atoms with van der Waals surface area (Å²) in [5.74, 6) is 1.90. The summed E-state index contributed by atoms with van der Waals surface area (Å²) in [5, 5.41) is 6.02. The smallest absolute Gasteiger partial charge is 0.223 e. The van der Waals surface area contributed by atoms with E-state index in [4.69, 9.17) is 0 Å². The van der Waals surface area contributed by atoms with Gasteiger partial charge >= 0.3 is 0 Å². The van der Waals surface area contributed by atoms with Crippen LogP contribution in [-0.2, 0) is 4.79 Å². The Kier molecular flexibility index (Phi) is 1.60. The topological polar surface area (TPSA) is 41.1 Å². The van der Waals surface area contributed by atoms with Gasteiger partial charge in [0.25, 0.3) is 0 Å². The van der Waals surface area contributed by atoms with Crippen LogP contribution >= 0.6 is 0 Å². The highest BCUT2D eigenvalue weighted by Crippen LogP contribution is 2.49. The Bertz CT molecular complexity index is 169. The SMILES string of the molecule is CNC(=O)C1C2CCNCC21. The fraction of sp³-hybridized carbons (Fsp3) is 0.875. The lowest BCUT2D eigenvalue weighted by molar-refractivity contribution is -0.122. The maximum Gasteiger partial charge on any atom is 0.223 e. The summed E-state index contributed by atoms with van der Waals surface area (Å²) in [6.07, 6.45) is 1.18. The molecular formula is C8H14N2O. The van der Waals surface area contributed by atoms with Gasteiger partial charge < -0.3 is 10.6 Å². The minimum absolute atomic E-state index is 0.240. The molecule has 1 saturated carbocycles. The van der Waals surface area contributed by atoms with Gasteiger partial charge in [-0.3, -0.25) is 4.79 Å². The van der Waals surface area contributed by atoms with E-state index < -0.39 is 0 Å². The molecule has 62 valence electrons. The highest BCUT2D eigenvalue weighted by molar-refractivity contribution is 5.82. The van der Waals surface area contributed by atoms with Gasteiger partial charge in [-0.15, -0.1) is 0 Å². The van der Waals surface area contributed by atoms with E-state index >= 15 is 0 Å². The van der Waals surface area contributed by atoms with Crippen molar-refractivity contribution in [1.82, 2.24) is 10.6 Å². The first-order valence-electron chi connectivity index (χ1n) is 4.27. The maximum absolute atomic E-state index is 11.2. The van der Waals surface area contributed by atoms with E-state index in [-0.39, 0.29) is 5.91 Å². The molecule has 0 aromatic carbocycles. The molecule has 0 aromatic heterocycles. The predicted molar refractivity (Wildman–Crippen MR) is 42.0 cm³/mol. The summed E-state index contributed by atoms with van der Waals surface area (Å²) in [6.45, 7) is 2.14. The third-order valence-corrected chi connectivity index (χ3v) is 2.92. The van der Waals surface area contributed by atoms with Crippen molar-refractivity contribution in [3.05, 3.63) is 0 Å². The van der Waals surface area contributed by atoms with Crippen molar-refractivity contribution in [2.45, 2.75) is 6.42 Å². The molecule has 3 heteroatoms. The Balaban J connectivity index is 1.94. The first-order valence-corrected chi connectivity index (χ1v) is 4.27. The summed E-state index contributed by atoms with van der Waals surface area (Å²) in [5.41, 5.74) is 0. The summed E-state index contributed by atoms with van der Waals surface area (Å²) in [7, 11) is 1.72. The fourth-order valence-corrected chi connectivity index (χ4v) is 2.21. The van der Waals surface area contributed by atoms with Crippen molar-refractivity contribution in [2.24, 2.45) is 17.8 Å². The summed E-state index contributed by atoms with van der Waals surface area (Å²) < 4.78 is 0. The molecule has 3 nitrogen and oxygen atoms in total. The van der Waals surface area contributed by atoms with Crippen LogP contribution in [0.25, 0.3) is 0 Å². The molecule has 0 radical (unpaired) electrons. The first-order chi connectivity index (χ1) is 5.34. The van der Waals surface area contributed by atoms with E-state index in [1.54, 1.807) is 7.05 Å². The predicted octanol–water partition coefficient (Wildman–Crippen LogP) is -0.412. The van der Waals surface area contributed by atoms with Crippen LogP contribution in [0.5, 0.6) is 0 Å². The highest BCUT2D eigenvalue weighted by Gasteiger charge is 2.54. The number of hydrogen-bond acceptors (Lipinski definition) is 2. The van der Waals surface area contributed by atoms with Gasteiger partial charge in [0.05, 0.1) is 0 Å². The molecule has 0 spiro atoms. The fourth-order valence-electron chi connectivity index (χ4n) is 2.21. The monoisotopic (exact) mass is 154 g/mol. The number of nitrogens with one attached hydrogen (secondary N) is 2. The lowest BCUT2D eigenvalue weighted by Gasteiger charge is -2.07. The van der Waals surface area contributed by atoms with Crippen molar-refractivity contribution in [3.63, 3.8) is 0 Å². The lowest BCUT2D eigenvalue weighted by atomic mass is 10.2. The molecule has 1 saturated heterocycles. The minimum Gasteiger partial charge on any atom is -0.359 e. The zero-order valence-corrected chi connectivity index (χ0v) is 6.76. The Labute approximate surface area is 66.5 Å². The van der Waals surface area contributed by atoms with E-state index in [0.717, 1.165) is 13.1 Å². The lowest BCUT2D eigenvalue weighted by Crippen LogP contribution is -2.24. The summed E-state index contributed by atoms with van der Waals surface area (Å²) in [4.78, 5) is 11.2. The van der Waals surface area contributed by atoms with Gasteiger partial charge in [-0.2, -0.15) is 0 Å². The average molecular weight is 154 g/mol. The number of carbonyl (C=O) groups excluding carboxylic acids is 1. The van der Waals surface area contributed by atoms with Crippen LogP contribution in [0.1, 0.15) is 6.42 Å². The molecule has 2 fully saturated rings. The zero-order chi connectivity index (χ0) is 7.84. The molecule has 1 amide bonds. The number of piperidine rings is 1. The molecule has 11 heavy (non-hydrogen) atoms. The van der Waals surface area contributed by atoms with Gasteiger partial charge in [0.2, 0.25) is 5.91 Å². The maximum atomic E-state index is 11.2. The number of amides is 1. The number of hydrogen-bond donors (Lipinski definition) is 2. The molecule has 1 aliphatic heterocycles. The van der Waals surface area contributed by atoms with Crippen LogP contribution < -0.4 is 10.6 Å². The third kappa shape index (κ3) is 1.03. The van der Waals surface area contributed by atoms with Crippen molar-refractivity contribution in [3.8, 4) is 0 Å². The number of carbonyl (C=O) groups is 1. The second-order valence-corrected chi connectivity index (χ2v) is 3.46. The van der Waals surface area contributed by atoms with Crippen LogP contribution in [-0.4, -0.2) is 26.0 Å². The number of rotatable bonds is 1. The first kappa shape index (κ1) is 7.10. The molecule has 1 aliphatic carbocycles. The standard InChI is InChI=1S/C8H14N2O/c1-9-8(11)7-5-2-3-10-4-6(5)7/h5-7,10H,2-4H2,1H3,(H,9,11). The summed E-state index contributed by atoms with van der Waals surface area (Å²) >= 11 is 0.